The molecule has 1 aromatic heterocycles. The van der Waals surface area contributed by atoms with Gasteiger partial charge in [-0.1, -0.05) is 11.6 Å². The molecule has 1 aromatic rings. The van der Waals surface area contributed by atoms with Crippen LogP contribution in [0, 0.1) is 0 Å². The Labute approximate surface area is 64.3 Å². The van der Waals surface area contributed by atoms with E-state index >= 15 is 0 Å². The molecule has 7 heteroatoms. The Morgan fingerprint density at radius 1 is 1.45 bits per heavy atom. The average molecular weight is 186 g/mol. The number of nitrogens with two attached hydrogens (primary N) is 1. The van der Waals surface area contributed by atoms with Gasteiger partial charge in [0.2, 0.25) is 0 Å². The van der Waals surface area contributed by atoms with E-state index in [2.05, 4.69) is 5.10 Å². The molecule has 0 spiro atoms. The Bertz CT molecular complexity index is 266. The third kappa shape index (κ3) is 1.40. The van der Waals surface area contributed by atoms with Crippen molar-refractivity contribution >= 4 is 17.4 Å². The number of rotatable bonds is 0. The third-order valence-corrected chi connectivity index (χ3v) is 1.40. The first-order valence-corrected chi connectivity index (χ1v) is 2.87. The number of halogens is 4. The van der Waals surface area contributed by atoms with Crippen molar-refractivity contribution in [3.63, 3.8) is 0 Å². The van der Waals surface area contributed by atoms with Gasteiger partial charge in [0.15, 0.2) is 11.5 Å². The highest BCUT2D eigenvalue weighted by atomic mass is 35.5. The van der Waals surface area contributed by atoms with E-state index in [-0.39, 0.29) is 5.82 Å². The summed E-state index contributed by atoms with van der Waals surface area (Å²) in [5.41, 5.74) is 3.85. The summed E-state index contributed by atoms with van der Waals surface area (Å²) in [6, 6.07) is 0. The van der Waals surface area contributed by atoms with Crippen molar-refractivity contribution < 1.29 is 13.2 Å². The van der Waals surface area contributed by atoms with Crippen molar-refractivity contribution in [3.8, 4) is 0 Å². The predicted octanol–water partition coefficient (Wildman–Crippen LogP) is 1.66. The minimum Gasteiger partial charge on any atom is -0.381 e. The largest absolute Gasteiger partial charge is 0.434 e. The molecule has 0 saturated heterocycles. The van der Waals surface area contributed by atoms with Crippen LogP contribution in [0.15, 0.2) is 0 Å². The molecule has 3 N–H and O–H groups in total. The predicted molar refractivity (Wildman–Crippen MR) is 33.0 cm³/mol. The van der Waals surface area contributed by atoms with Crippen LogP contribution in [0.3, 0.4) is 0 Å². The first-order chi connectivity index (χ1) is 4.93. The summed E-state index contributed by atoms with van der Waals surface area (Å²) in [5.74, 6) is -0.348. The van der Waals surface area contributed by atoms with Gasteiger partial charge in [-0.15, -0.1) is 0 Å². The summed E-state index contributed by atoms with van der Waals surface area (Å²) in [7, 11) is 0. The lowest BCUT2D eigenvalue weighted by Gasteiger charge is -2.01. The van der Waals surface area contributed by atoms with E-state index in [4.69, 9.17) is 17.3 Å². The molecule has 0 aliphatic rings. The molecule has 1 heterocycles. The summed E-state index contributed by atoms with van der Waals surface area (Å²) in [6.45, 7) is 0. The molecule has 3 nitrogen and oxygen atoms in total. The van der Waals surface area contributed by atoms with E-state index in [1.54, 1.807) is 5.10 Å². The van der Waals surface area contributed by atoms with Gasteiger partial charge in [-0.2, -0.15) is 18.3 Å². The topological polar surface area (TPSA) is 54.7 Å². The Kier molecular flexibility index (Phi) is 1.71. The molecular weight excluding hydrogens is 183 g/mol. The molecule has 0 amide bonds. The fraction of sp³-hybridized carbons (Fsp3) is 0.250. The minimum atomic E-state index is -4.53. The number of hydrogen-bond acceptors (Lipinski definition) is 2. The van der Waals surface area contributed by atoms with E-state index in [1.807, 2.05) is 0 Å². The Hall–Kier alpha value is -0.910. The summed E-state index contributed by atoms with van der Waals surface area (Å²) >= 11 is 5.15. The molecule has 0 bridgehead atoms. The van der Waals surface area contributed by atoms with Gasteiger partial charge in [0.1, 0.15) is 5.02 Å². The molecule has 0 saturated carbocycles. The highest BCUT2D eigenvalue weighted by molar-refractivity contribution is 6.33. The van der Waals surface area contributed by atoms with E-state index in [9.17, 15) is 13.2 Å². The van der Waals surface area contributed by atoms with E-state index in [0.717, 1.165) is 0 Å². The summed E-state index contributed by atoms with van der Waals surface area (Å²) < 4.78 is 35.6. The second-order valence-electron chi connectivity index (χ2n) is 1.80. The summed E-state index contributed by atoms with van der Waals surface area (Å²) in [5, 5.41) is 4.18. The van der Waals surface area contributed by atoms with Crippen LogP contribution in [0.2, 0.25) is 5.02 Å². The van der Waals surface area contributed by atoms with Gasteiger partial charge in [-0.05, 0) is 0 Å². The smallest absolute Gasteiger partial charge is 0.381 e. The highest BCUT2D eigenvalue weighted by Gasteiger charge is 2.36. The highest BCUT2D eigenvalue weighted by Crippen LogP contribution is 2.34. The molecule has 0 aliphatic carbocycles. The van der Waals surface area contributed by atoms with Crippen LogP contribution in [-0.4, -0.2) is 10.2 Å². The average Bonchev–Trinajstić information content (AvgIpc) is 2.11. The van der Waals surface area contributed by atoms with E-state index in [0.29, 0.717) is 0 Å². The maximum absolute atomic E-state index is 11.9. The van der Waals surface area contributed by atoms with Crippen LogP contribution in [0.25, 0.3) is 0 Å². The molecule has 0 atom stereocenters. The number of nitrogen functional groups attached to an aromatic ring is 1. The fourth-order valence-corrected chi connectivity index (χ4v) is 0.722. The molecule has 11 heavy (non-hydrogen) atoms. The number of hydrogen-bond donors (Lipinski definition) is 2. The molecule has 0 aromatic carbocycles. The zero-order valence-electron chi connectivity index (χ0n) is 5.04. The summed E-state index contributed by atoms with van der Waals surface area (Å²) in [6.07, 6.45) is -4.53. The van der Waals surface area contributed by atoms with Crippen molar-refractivity contribution in [2.45, 2.75) is 6.18 Å². The first kappa shape index (κ1) is 8.19. The number of nitrogens with zero attached hydrogens (tertiary/aromatic N) is 1. The summed E-state index contributed by atoms with van der Waals surface area (Å²) in [4.78, 5) is 0. The number of aromatic amines is 1. The number of H-pyrrole nitrogens is 1. The minimum absolute atomic E-state index is 0.348. The first-order valence-electron chi connectivity index (χ1n) is 2.49. The molecule has 1 rings (SSSR count). The van der Waals surface area contributed by atoms with E-state index < -0.39 is 16.9 Å². The van der Waals surface area contributed by atoms with Crippen molar-refractivity contribution in [3.05, 3.63) is 10.7 Å². The lowest BCUT2D eigenvalue weighted by atomic mass is 10.4. The Morgan fingerprint density at radius 2 is 2.00 bits per heavy atom. The monoisotopic (exact) mass is 185 g/mol. The Morgan fingerprint density at radius 3 is 2.18 bits per heavy atom. The van der Waals surface area contributed by atoms with Gasteiger partial charge in [0.05, 0.1) is 0 Å². The van der Waals surface area contributed by atoms with Crippen molar-refractivity contribution in [2.24, 2.45) is 0 Å². The number of nitrogens with one attached hydrogen (secondary N) is 1. The van der Waals surface area contributed by atoms with Crippen LogP contribution < -0.4 is 5.73 Å². The van der Waals surface area contributed by atoms with Gasteiger partial charge in [0, 0.05) is 0 Å². The molecule has 62 valence electrons. The standard InChI is InChI=1S/C4H3ClF3N3/c5-1-2(4(6,7)8)10-11-3(1)9/h(H3,9,10,11). The Balaban J connectivity index is 3.15. The van der Waals surface area contributed by atoms with Gasteiger partial charge >= 0.3 is 6.18 Å². The second-order valence-corrected chi connectivity index (χ2v) is 2.17. The van der Waals surface area contributed by atoms with Crippen LogP contribution in [0.4, 0.5) is 19.0 Å². The fourth-order valence-electron chi connectivity index (χ4n) is 0.530. The lowest BCUT2D eigenvalue weighted by Crippen LogP contribution is -2.06. The normalized spacial score (nSPS) is 12.0. The van der Waals surface area contributed by atoms with Crippen LogP contribution in [0.5, 0.6) is 0 Å². The lowest BCUT2D eigenvalue weighted by molar-refractivity contribution is -0.141. The van der Waals surface area contributed by atoms with Gasteiger partial charge in [-0.25, -0.2) is 0 Å². The van der Waals surface area contributed by atoms with E-state index in [1.165, 1.54) is 0 Å². The zero-order chi connectivity index (χ0) is 8.65. The van der Waals surface area contributed by atoms with Gasteiger partial charge < -0.3 is 5.73 Å². The van der Waals surface area contributed by atoms with Crippen LogP contribution in [0.1, 0.15) is 5.69 Å². The number of anilines is 1. The second kappa shape index (κ2) is 2.30. The number of alkyl halides is 3. The SMILES string of the molecule is Nc1n[nH]c(C(F)(F)F)c1Cl. The van der Waals surface area contributed by atoms with Gasteiger partial charge in [0.25, 0.3) is 0 Å². The maximum atomic E-state index is 11.9. The zero-order valence-corrected chi connectivity index (χ0v) is 5.79. The molecule has 0 aliphatic heterocycles. The van der Waals surface area contributed by atoms with Crippen LogP contribution >= 0.6 is 11.6 Å². The third-order valence-electron chi connectivity index (χ3n) is 1.02. The van der Waals surface area contributed by atoms with Gasteiger partial charge in [-0.3, -0.25) is 5.10 Å². The molecule has 0 radical (unpaired) electrons. The molecular formula is C4H3ClF3N3. The maximum Gasteiger partial charge on any atom is 0.434 e. The number of aromatic nitrogens is 2. The van der Waals surface area contributed by atoms with Crippen molar-refractivity contribution in [1.82, 2.24) is 10.2 Å². The van der Waals surface area contributed by atoms with Crippen molar-refractivity contribution in [2.75, 3.05) is 5.73 Å². The molecule has 0 unspecified atom stereocenters. The van der Waals surface area contributed by atoms with Crippen LogP contribution in [-0.2, 0) is 6.18 Å². The van der Waals surface area contributed by atoms with Crippen molar-refractivity contribution in [1.29, 1.82) is 0 Å². The molecule has 0 fully saturated rings. The quantitative estimate of drug-likeness (QED) is 0.646.